The fourth-order valence-corrected chi connectivity index (χ4v) is 3.41. The van der Waals surface area contributed by atoms with E-state index in [1.54, 1.807) is 11.3 Å². The number of aliphatic hydroxyl groups is 1. The summed E-state index contributed by atoms with van der Waals surface area (Å²) in [6, 6.07) is 4.15. The molecule has 5 nitrogen and oxygen atoms in total. The molecule has 21 heavy (non-hydrogen) atoms. The van der Waals surface area contributed by atoms with Crippen molar-refractivity contribution >= 4 is 17.4 Å². The van der Waals surface area contributed by atoms with Crippen LogP contribution in [0.25, 0.3) is 0 Å². The fraction of sp³-hybridized carbons (Fsp3) is 0.667. The van der Waals surface area contributed by atoms with Gasteiger partial charge in [0.05, 0.1) is 0 Å². The number of carbonyl (C=O) groups is 1. The van der Waals surface area contributed by atoms with Crippen LogP contribution in [0.15, 0.2) is 17.5 Å². The van der Waals surface area contributed by atoms with Crippen molar-refractivity contribution in [3.8, 4) is 0 Å². The summed E-state index contributed by atoms with van der Waals surface area (Å²) in [5.41, 5.74) is 0. The van der Waals surface area contributed by atoms with Crippen LogP contribution in [0.3, 0.4) is 0 Å². The zero-order valence-corrected chi connectivity index (χ0v) is 13.2. The van der Waals surface area contributed by atoms with Gasteiger partial charge >= 0.3 is 6.03 Å². The average Bonchev–Trinajstić information content (AvgIpc) is 2.99. The molecule has 2 rings (SSSR count). The van der Waals surface area contributed by atoms with Crippen molar-refractivity contribution < 1.29 is 9.90 Å². The second-order valence-electron chi connectivity index (χ2n) is 5.54. The zero-order chi connectivity index (χ0) is 14.9. The van der Waals surface area contributed by atoms with E-state index in [1.807, 2.05) is 0 Å². The normalized spacial score (nSPS) is 19.4. The molecule has 1 aliphatic rings. The van der Waals surface area contributed by atoms with Crippen LogP contribution in [-0.4, -0.2) is 48.8 Å². The highest BCUT2D eigenvalue weighted by Gasteiger charge is 2.20. The van der Waals surface area contributed by atoms with Gasteiger partial charge in [-0.15, -0.1) is 11.3 Å². The number of hydrogen-bond acceptors (Lipinski definition) is 4. The van der Waals surface area contributed by atoms with Gasteiger partial charge in [-0.25, -0.2) is 4.79 Å². The molecule has 1 aliphatic heterocycles. The number of nitrogens with zero attached hydrogens (tertiary/aromatic N) is 1. The number of aliphatic hydroxyl groups excluding tert-OH is 1. The van der Waals surface area contributed by atoms with Crippen LogP contribution in [0.2, 0.25) is 0 Å². The topological polar surface area (TPSA) is 64.6 Å². The molecule has 1 aromatic rings. The Morgan fingerprint density at radius 1 is 1.48 bits per heavy atom. The largest absolute Gasteiger partial charge is 0.396 e. The van der Waals surface area contributed by atoms with Gasteiger partial charge in [0.25, 0.3) is 0 Å². The lowest BCUT2D eigenvalue weighted by Crippen LogP contribution is -2.43. The number of rotatable bonds is 7. The van der Waals surface area contributed by atoms with Gasteiger partial charge in [0, 0.05) is 37.7 Å². The molecule has 2 heterocycles. The summed E-state index contributed by atoms with van der Waals surface area (Å²) in [4.78, 5) is 15.5. The van der Waals surface area contributed by atoms with E-state index in [2.05, 4.69) is 33.0 Å². The molecular formula is C15H25N3O2S. The van der Waals surface area contributed by atoms with Gasteiger partial charge in [-0.2, -0.15) is 0 Å². The van der Waals surface area contributed by atoms with E-state index in [0.717, 1.165) is 26.2 Å². The van der Waals surface area contributed by atoms with Crippen LogP contribution in [0, 0.1) is 5.92 Å². The fourth-order valence-electron chi connectivity index (χ4n) is 2.66. The van der Waals surface area contributed by atoms with Crippen molar-refractivity contribution in [3.05, 3.63) is 22.4 Å². The summed E-state index contributed by atoms with van der Waals surface area (Å²) in [6.45, 7) is 4.59. The highest BCUT2D eigenvalue weighted by atomic mass is 32.1. The second-order valence-corrected chi connectivity index (χ2v) is 6.57. The number of urea groups is 1. The van der Waals surface area contributed by atoms with Gasteiger partial charge in [0.15, 0.2) is 0 Å². The van der Waals surface area contributed by atoms with Crippen LogP contribution < -0.4 is 10.6 Å². The molecule has 6 heteroatoms. The first-order valence-electron chi connectivity index (χ1n) is 7.65. The lowest BCUT2D eigenvalue weighted by Gasteiger charge is -2.32. The highest BCUT2D eigenvalue weighted by Crippen LogP contribution is 2.19. The average molecular weight is 311 g/mol. The van der Waals surface area contributed by atoms with Gasteiger partial charge in [0.1, 0.15) is 0 Å². The first-order chi connectivity index (χ1) is 10.3. The van der Waals surface area contributed by atoms with Crippen LogP contribution in [0.5, 0.6) is 0 Å². The minimum Gasteiger partial charge on any atom is -0.396 e. The Morgan fingerprint density at radius 2 is 2.38 bits per heavy atom. The highest BCUT2D eigenvalue weighted by molar-refractivity contribution is 7.09. The minimum absolute atomic E-state index is 0.112. The maximum Gasteiger partial charge on any atom is 0.314 e. The molecule has 1 atom stereocenters. The molecular weight excluding hydrogens is 286 g/mol. The van der Waals surface area contributed by atoms with Crippen LogP contribution >= 0.6 is 11.3 Å². The minimum atomic E-state index is -0.126. The van der Waals surface area contributed by atoms with E-state index < -0.39 is 0 Å². The third kappa shape index (κ3) is 6.03. The SMILES string of the molecule is O=C(NCCCO)NCC1CCCN(Cc2cccs2)C1. The predicted octanol–water partition coefficient (Wildman–Crippen LogP) is 1.64. The Hall–Kier alpha value is -1.11. The Morgan fingerprint density at radius 3 is 3.14 bits per heavy atom. The van der Waals surface area contributed by atoms with Gasteiger partial charge in [-0.05, 0) is 43.2 Å². The number of nitrogens with one attached hydrogen (secondary N) is 2. The quantitative estimate of drug-likeness (QED) is 0.671. The third-order valence-electron chi connectivity index (χ3n) is 3.73. The monoisotopic (exact) mass is 311 g/mol. The molecule has 1 unspecified atom stereocenters. The molecule has 1 aromatic heterocycles. The maximum absolute atomic E-state index is 11.6. The van der Waals surface area contributed by atoms with Crippen molar-refractivity contribution in [2.75, 3.05) is 32.8 Å². The number of amides is 2. The number of thiophene rings is 1. The molecule has 2 amide bonds. The molecule has 1 saturated heterocycles. The maximum atomic E-state index is 11.6. The van der Waals surface area contributed by atoms with E-state index in [-0.39, 0.29) is 12.6 Å². The van der Waals surface area contributed by atoms with Gasteiger partial charge in [0.2, 0.25) is 0 Å². The van der Waals surface area contributed by atoms with E-state index in [9.17, 15) is 4.79 Å². The molecule has 1 fully saturated rings. The van der Waals surface area contributed by atoms with Gasteiger partial charge in [-0.1, -0.05) is 6.07 Å². The number of carbonyl (C=O) groups excluding carboxylic acids is 1. The van der Waals surface area contributed by atoms with Crippen LogP contribution in [0.1, 0.15) is 24.1 Å². The Balaban J connectivity index is 1.65. The number of hydrogen-bond donors (Lipinski definition) is 3. The van der Waals surface area contributed by atoms with Crippen LogP contribution in [-0.2, 0) is 6.54 Å². The van der Waals surface area contributed by atoms with Crippen molar-refractivity contribution in [2.45, 2.75) is 25.8 Å². The van der Waals surface area contributed by atoms with Crippen molar-refractivity contribution in [1.82, 2.24) is 15.5 Å². The van der Waals surface area contributed by atoms with Crippen molar-refractivity contribution in [3.63, 3.8) is 0 Å². The molecule has 0 saturated carbocycles. The summed E-state index contributed by atoms with van der Waals surface area (Å²) in [5, 5.41) is 16.5. The molecule has 3 N–H and O–H groups in total. The van der Waals surface area contributed by atoms with Gasteiger partial charge < -0.3 is 15.7 Å². The van der Waals surface area contributed by atoms with Crippen LogP contribution in [0.4, 0.5) is 4.79 Å². The Bertz CT molecular complexity index is 411. The summed E-state index contributed by atoms with van der Waals surface area (Å²) in [5.74, 6) is 0.530. The summed E-state index contributed by atoms with van der Waals surface area (Å²) < 4.78 is 0. The first-order valence-corrected chi connectivity index (χ1v) is 8.53. The number of likely N-dealkylation sites (tertiary alicyclic amines) is 1. The molecule has 0 spiro atoms. The zero-order valence-electron chi connectivity index (χ0n) is 12.4. The summed E-state index contributed by atoms with van der Waals surface area (Å²) >= 11 is 1.81. The lowest BCUT2D eigenvalue weighted by molar-refractivity contribution is 0.166. The smallest absolute Gasteiger partial charge is 0.314 e. The Labute approximate surface area is 130 Å². The third-order valence-corrected chi connectivity index (χ3v) is 4.60. The van der Waals surface area contributed by atoms with E-state index in [4.69, 9.17) is 5.11 Å². The van der Waals surface area contributed by atoms with Gasteiger partial charge in [-0.3, -0.25) is 4.90 Å². The molecule has 0 radical (unpaired) electrons. The van der Waals surface area contributed by atoms with E-state index in [0.29, 0.717) is 18.9 Å². The molecule has 0 aromatic carbocycles. The second kappa shape index (κ2) is 9.02. The van der Waals surface area contributed by atoms with E-state index >= 15 is 0 Å². The number of piperidine rings is 1. The lowest BCUT2D eigenvalue weighted by atomic mass is 9.98. The van der Waals surface area contributed by atoms with E-state index in [1.165, 1.54) is 17.7 Å². The van der Waals surface area contributed by atoms with Crippen molar-refractivity contribution in [2.24, 2.45) is 5.92 Å². The molecule has 118 valence electrons. The predicted molar refractivity (Wildman–Crippen MR) is 85.4 cm³/mol. The Kier molecular flexibility index (Phi) is 6.99. The molecule has 0 aliphatic carbocycles. The summed E-state index contributed by atoms with van der Waals surface area (Å²) in [7, 11) is 0. The summed E-state index contributed by atoms with van der Waals surface area (Å²) in [6.07, 6.45) is 2.98. The first kappa shape index (κ1) is 16.3. The standard InChI is InChI=1S/C15H25N3O2S/c19-8-3-6-16-15(20)17-10-13-4-1-7-18(11-13)12-14-5-2-9-21-14/h2,5,9,13,19H,1,3-4,6-8,10-12H2,(H2,16,17,20). The molecule has 0 bridgehead atoms. The van der Waals surface area contributed by atoms with Crippen molar-refractivity contribution in [1.29, 1.82) is 0 Å².